The number of hydrogen-bond donors (Lipinski definition) is 4. The van der Waals surface area contributed by atoms with Crippen LogP contribution < -0.4 is 20.3 Å². The van der Waals surface area contributed by atoms with E-state index >= 15 is 8.78 Å². The van der Waals surface area contributed by atoms with Crippen LogP contribution in [0.5, 0.6) is 5.88 Å². The van der Waals surface area contributed by atoms with Crippen molar-refractivity contribution in [3.8, 4) is 5.88 Å². The Balaban J connectivity index is 0.915. The molecule has 1 aliphatic carbocycles. The molecular weight excluding hydrogens is 566 g/mol. The van der Waals surface area contributed by atoms with Crippen molar-refractivity contribution in [2.45, 2.75) is 49.9 Å². The van der Waals surface area contributed by atoms with Gasteiger partial charge in [0.05, 0.1) is 24.9 Å². The highest BCUT2D eigenvalue weighted by molar-refractivity contribution is 5.95. The van der Waals surface area contributed by atoms with Gasteiger partial charge in [-0.2, -0.15) is 0 Å². The van der Waals surface area contributed by atoms with Gasteiger partial charge in [0.1, 0.15) is 22.5 Å². The summed E-state index contributed by atoms with van der Waals surface area (Å²) in [5.41, 5.74) is 0.233. The molecule has 3 atom stereocenters. The van der Waals surface area contributed by atoms with Crippen molar-refractivity contribution in [2.75, 3.05) is 49.5 Å². The Kier molecular flexibility index (Phi) is 6.07. The molecule has 43 heavy (non-hydrogen) atoms. The molecule has 15 heteroatoms. The number of amides is 2. The maximum atomic E-state index is 15.6. The summed E-state index contributed by atoms with van der Waals surface area (Å²) in [5.74, 6) is -0.120. The number of H-pyrrole nitrogens is 1. The zero-order valence-electron chi connectivity index (χ0n) is 23.2. The molecule has 1 unspecified atom stereocenters. The van der Waals surface area contributed by atoms with Crippen LogP contribution in [-0.2, 0) is 22.4 Å². The molecule has 8 rings (SSSR count). The van der Waals surface area contributed by atoms with Crippen molar-refractivity contribution in [3.05, 3.63) is 34.8 Å². The summed E-state index contributed by atoms with van der Waals surface area (Å²) in [5, 5.41) is 15.5. The molecule has 2 amide bonds. The summed E-state index contributed by atoms with van der Waals surface area (Å²) < 4.78 is 42.3. The average Bonchev–Trinajstić information content (AvgIpc) is 3.78. The van der Waals surface area contributed by atoms with Gasteiger partial charge in [-0.3, -0.25) is 9.69 Å². The lowest BCUT2D eigenvalue weighted by molar-refractivity contribution is -0.118. The molecule has 226 valence electrons. The Hall–Kier alpha value is -3.95. The van der Waals surface area contributed by atoms with Crippen LogP contribution in [0.15, 0.2) is 6.20 Å². The molecule has 5 aliphatic rings. The van der Waals surface area contributed by atoms with Crippen LogP contribution in [-0.4, -0.2) is 93.0 Å². The second-order valence-electron chi connectivity index (χ2n) is 12.2. The summed E-state index contributed by atoms with van der Waals surface area (Å²) in [6, 6.07) is -0.263. The minimum absolute atomic E-state index is 0.0149. The summed E-state index contributed by atoms with van der Waals surface area (Å²) in [6.45, 7) is 2.61. The van der Waals surface area contributed by atoms with E-state index in [0.717, 1.165) is 0 Å². The molecule has 1 aromatic carbocycles. The number of ether oxygens (including phenoxy) is 2. The van der Waals surface area contributed by atoms with Crippen LogP contribution in [0.25, 0.3) is 11.0 Å². The lowest BCUT2D eigenvalue weighted by Gasteiger charge is -2.38. The van der Waals surface area contributed by atoms with Gasteiger partial charge in [0, 0.05) is 39.0 Å². The molecule has 3 aromatic rings. The number of imidazole rings is 1. The highest BCUT2D eigenvalue weighted by atomic mass is 19.1. The number of anilines is 2. The number of halogens is 2. The van der Waals surface area contributed by atoms with Gasteiger partial charge < -0.3 is 35.1 Å². The summed E-state index contributed by atoms with van der Waals surface area (Å²) in [6.07, 6.45) is 2.92. The molecule has 4 aliphatic heterocycles. The first-order valence-electron chi connectivity index (χ1n) is 14.6. The van der Waals surface area contributed by atoms with E-state index in [0.29, 0.717) is 81.8 Å². The lowest BCUT2D eigenvalue weighted by atomic mass is 9.90. The van der Waals surface area contributed by atoms with Crippen molar-refractivity contribution in [1.82, 2.24) is 30.2 Å². The molecule has 2 aromatic heterocycles. The molecule has 6 heterocycles. The second kappa shape index (κ2) is 9.79. The van der Waals surface area contributed by atoms with Crippen LogP contribution in [0.2, 0.25) is 0 Å². The number of carbonyl (C=O) groups excluding carboxylic acids is 2. The Morgan fingerprint density at radius 1 is 1.12 bits per heavy atom. The third kappa shape index (κ3) is 4.48. The number of benzene rings is 1. The number of aliphatic hydroxyl groups excluding tert-OH is 1. The zero-order valence-corrected chi connectivity index (χ0v) is 23.2. The average molecular weight is 597 g/mol. The first-order chi connectivity index (χ1) is 20.7. The minimum atomic E-state index is -0.672. The number of aromatic nitrogens is 4. The van der Waals surface area contributed by atoms with E-state index < -0.39 is 29.4 Å². The number of nitrogens with zero attached hydrogens (tertiary/aromatic N) is 5. The zero-order chi connectivity index (χ0) is 29.5. The van der Waals surface area contributed by atoms with Gasteiger partial charge >= 0.3 is 6.09 Å². The van der Waals surface area contributed by atoms with Crippen molar-refractivity contribution in [2.24, 2.45) is 5.92 Å². The number of carbonyl (C=O) groups is 2. The topological polar surface area (TPSA) is 158 Å². The van der Waals surface area contributed by atoms with E-state index in [1.165, 1.54) is 11.1 Å². The normalized spacial score (nSPS) is 25.2. The van der Waals surface area contributed by atoms with Gasteiger partial charge in [-0.05, 0) is 36.3 Å². The number of nitrogens with one attached hydrogen (secondary N) is 3. The van der Waals surface area contributed by atoms with Crippen LogP contribution in [0.1, 0.15) is 42.3 Å². The SMILES string of the molecule is O=C1COc2ncc(N3CC4(CCN(CC5Cc6c(c(F)c7[nH]c([C@H]8C[C@@H](O)CN8)nc7c6F)C5)CC4)OC3=O)nc2N1. The minimum Gasteiger partial charge on any atom is -0.465 e. The number of β-amino-alcohol motifs (C(OH)–C–C–N with tert-alkyl or cyclic N) is 1. The third-order valence-electron chi connectivity index (χ3n) is 9.32. The fraction of sp³-hybridized carbons (Fsp3) is 0.536. The predicted molar refractivity (Wildman–Crippen MR) is 147 cm³/mol. The van der Waals surface area contributed by atoms with E-state index in [1.54, 1.807) is 0 Å². The van der Waals surface area contributed by atoms with Crippen molar-refractivity contribution >= 4 is 34.7 Å². The number of hydrogen-bond acceptors (Lipinski definition) is 10. The first kappa shape index (κ1) is 26.7. The van der Waals surface area contributed by atoms with E-state index in [2.05, 4.69) is 35.5 Å². The molecule has 3 saturated heterocycles. The van der Waals surface area contributed by atoms with Crippen LogP contribution in [0, 0.1) is 17.6 Å². The van der Waals surface area contributed by atoms with E-state index in [4.69, 9.17) is 9.47 Å². The van der Waals surface area contributed by atoms with Gasteiger partial charge in [0.2, 0.25) is 0 Å². The Morgan fingerprint density at radius 3 is 2.67 bits per heavy atom. The molecule has 0 bridgehead atoms. The van der Waals surface area contributed by atoms with E-state index in [1.807, 2.05) is 0 Å². The molecular formula is C28H30F2N8O5. The van der Waals surface area contributed by atoms with E-state index in [-0.39, 0.29) is 53.0 Å². The number of aliphatic hydroxyl groups is 1. The quantitative estimate of drug-likeness (QED) is 0.348. The van der Waals surface area contributed by atoms with Gasteiger partial charge in [0.25, 0.3) is 11.8 Å². The molecule has 3 fully saturated rings. The number of aromatic amines is 1. The van der Waals surface area contributed by atoms with Crippen molar-refractivity contribution in [1.29, 1.82) is 0 Å². The Labute approximate surface area is 244 Å². The maximum Gasteiger partial charge on any atom is 0.416 e. The first-order valence-corrected chi connectivity index (χ1v) is 14.6. The van der Waals surface area contributed by atoms with Crippen LogP contribution in [0.4, 0.5) is 25.2 Å². The summed E-state index contributed by atoms with van der Waals surface area (Å²) in [7, 11) is 0. The smallest absolute Gasteiger partial charge is 0.416 e. The van der Waals surface area contributed by atoms with E-state index in [9.17, 15) is 14.7 Å². The lowest BCUT2D eigenvalue weighted by Crippen LogP contribution is -2.48. The number of fused-ring (bicyclic) bond motifs is 3. The maximum absolute atomic E-state index is 15.6. The molecule has 13 nitrogen and oxygen atoms in total. The van der Waals surface area contributed by atoms with Gasteiger partial charge in [0.15, 0.2) is 29.9 Å². The number of likely N-dealkylation sites (tertiary alicyclic amines) is 1. The third-order valence-corrected chi connectivity index (χ3v) is 9.32. The second-order valence-corrected chi connectivity index (χ2v) is 12.2. The predicted octanol–water partition coefficient (Wildman–Crippen LogP) is 1.56. The number of piperidine rings is 1. The Bertz CT molecular complexity index is 1610. The van der Waals surface area contributed by atoms with Crippen molar-refractivity contribution < 1.29 is 33.0 Å². The van der Waals surface area contributed by atoms with Gasteiger partial charge in [-0.25, -0.2) is 28.5 Å². The number of rotatable bonds is 4. The van der Waals surface area contributed by atoms with Gasteiger partial charge in [-0.15, -0.1) is 0 Å². The fourth-order valence-corrected chi connectivity index (χ4v) is 7.12. The summed E-state index contributed by atoms with van der Waals surface area (Å²) in [4.78, 5) is 44.0. The monoisotopic (exact) mass is 596 g/mol. The standard InChI is InChI=1S/C28H30F2N8O5/c29-20-15-5-13(6-16(15)21(30)23-22(20)35-24(36-23)17-7-14(39)8-31-17)10-37-3-1-28(2-4-37)12-38(27(41)43-28)18-9-32-26-25(33-18)34-19(40)11-42-26/h9,13-14,17,31,39H,1-8,10-12H2,(H,35,36)(H,33,34,40)/t14-,17-/m1/s1. The van der Waals surface area contributed by atoms with Crippen LogP contribution >= 0.6 is 0 Å². The highest BCUT2D eigenvalue weighted by Crippen LogP contribution is 2.39. The Morgan fingerprint density at radius 2 is 1.91 bits per heavy atom. The summed E-state index contributed by atoms with van der Waals surface area (Å²) >= 11 is 0. The largest absolute Gasteiger partial charge is 0.465 e. The van der Waals surface area contributed by atoms with Crippen molar-refractivity contribution in [3.63, 3.8) is 0 Å². The molecule has 0 saturated carbocycles. The molecule has 4 N–H and O–H groups in total. The fourth-order valence-electron chi connectivity index (χ4n) is 7.12. The van der Waals surface area contributed by atoms with Crippen LogP contribution in [0.3, 0.4) is 0 Å². The van der Waals surface area contributed by atoms with Gasteiger partial charge in [-0.1, -0.05) is 0 Å². The molecule has 1 spiro atoms. The molecule has 0 radical (unpaired) electrons. The highest BCUT2D eigenvalue weighted by Gasteiger charge is 2.48.